The van der Waals surface area contributed by atoms with Gasteiger partial charge < -0.3 is 4.90 Å². The summed E-state index contributed by atoms with van der Waals surface area (Å²) < 4.78 is 22.5. The highest BCUT2D eigenvalue weighted by Crippen LogP contribution is 2.34. The summed E-state index contributed by atoms with van der Waals surface area (Å²) in [5.41, 5.74) is 0.256. The third-order valence-electron chi connectivity index (χ3n) is 2.92. The van der Waals surface area contributed by atoms with Gasteiger partial charge >= 0.3 is 0 Å². The van der Waals surface area contributed by atoms with Crippen LogP contribution in [0.5, 0.6) is 0 Å². The quantitative estimate of drug-likeness (QED) is 0.885. The molecule has 0 radical (unpaired) electrons. The molecule has 1 aromatic heterocycles. The Labute approximate surface area is 106 Å². The summed E-state index contributed by atoms with van der Waals surface area (Å²) in [6.07, 6.45) is 3.64. The van der Waals surface area contributed by atoms with Crippen LogP contribution in [0.15, 0.2) is 10.4 Å². The topological polar surface area (TPSA) is 76.3 Å². The normalized spacial score (nSPS) is 20.5. The van der Waals surface area contributed by atoms with Crippen LogP contribution in [-0.2, 0) is 10.0 Å². The van der Waals surface area contributed by atoms with Crippen molar-refractivity contribution in [1.82, 2.24) is 4.98 Å². The third-order valence-corrected chi connectivity index (χ3v) is 5.39. The Morgan fingerprint density at radius 3 is 2.76 bits per heavy atom. The molecule has 0 aliphatic carbocycles. The largest absolute Gasteiger partial charge is 0.348 e. The van der Waals surface area contributed by atoms with Gasteiger partial charge in [-0.2, -0.15) is 0 Å². The van der Waals surface area contributed by atoms with Gasteiger partial charge in [-0.15, -0.1) is 0 Å². The Morgan fingerprint density at radius 1 is 1.53 bits per heavy atom. The lowest BCUT2D eigenvalue weighted by atomic mass is 9.84. The molecule has 0 atom stereocenters. The first kappa shape index (κ1) is 12.8. The van der Waals surface area contributed by atoms with E-state index in [1.165, 1.54) is 12.6 Å². The van der Waals surface area contributed by atoms with E-state index in [4.69, 9.17) is 5.14 Å². The molecule has 1 fully saturated rings. The molecular formula is C10H17N3O2S2. The number of anilines is 1. The van der Waals surface area contributed by atoms with Crippen molar-refractivity contribution in [3.63, 3.8) is 0 Å². The second-order valence-electron chi connectivity index (χ2n) is 5.20. The fraction of sp³-hybridized carbons (Fsp3) is 0.700. The van der Waals surface area contributed by atoms with Crippen molar-refractivity contribution in [1.29, 1.82) is 0 Å². The molecule has 0 amide bonds. The van der Waals surface area contributed by atoms with Crippen LogP contribution in [0.4, 0.5) is 5.13 Å². The van der Waals surface area contributed by atoms with Gasteiger partial charge in [0, 0.05) is 13.1 Å². The minimum absolute atomic E-state index is 0.135. The number of rotatable bonds is 2. The maximum Gasteiger partial charge on any atom is 0.249 e. The zero-order valence-corrected chi connectivity index (χ0v) is 11.6. The van der Waals surface area contributed by atoms with Crippen molar-refractivity contribution in [2.75, 3.05) is 18.0 Å². The molecule has 2 heterocycles. The van der Waals surface area contributed by atoms with Gasteiger partial charge in [0.05, 0.1) is 6.20 Å². The van der Waals surface area contributed by atoms with Gasteiger partial charge in [-0.25, -0.2) is 18.5 Å². The van der Waals surface area contributed by atoms with E-state index in [9.17, 15) is 8.42 Å². The molecule has 5 nitrogen and oxygen atoms in total. The lowest BCUT2D eigenvalue weighted by Gasteiger charge is -2.37. The lowest BCUT2D eigenvalue weighted by Crippen LogP contribution is -2.40. The molecule has 2 rings (SSSR count). The van der Waals surface area contributed by atoms with Crippen LogP contribution in [0.3, 0.4) is 0 Å². The van der Waals surface area contributed by atoms with E-state index in [-0.39, 0.29) is 9.62 Å². The van der Waals surface area contributed by atoms with Gasteiger partial charge in [-0.3, -0.25) is 0 Å². The molecule has 17 heavy (non-hydrogen) atoms. The van der Waals surface area contributed by atoms with Crippen molar-refractivity contribution < 1.29 is 8.42 Å². The van der Waals surface area contributed by atoms with E-state index in [2.05, 4.69) is 23.7 Å². The first-order valence-corrected chi connectivity index (χ1v) is 7.88. The van der Waals surface area contributed by atoms with Gasteiger partial charge in [-0.05, 0) is 18.3 Å². The molecule has 1 aromatic rings. The number of hydrogen-bond acceptors (Lipinski definition) is 5. The minimum atomic E-state index is -3.62. The van der Waals surface area contributed by atoms with E-state index in [0.29, 0.717) is 0 Å². The molecule has 96 valence electrons. The fourth-order valence-electron chi connectivity index (χ4n) is 2.11. The Bertz CT molecular complexity index is 507. The summed E-state index contributed by atoms with van der Waals surface area (Å²) in [4.78, 5) is 6.30. The lowest BCUT2D eigenvalue weighted by molar-refractivity contribution is 0.293. The second kappa shape index (κ2) is 4.22. The number of sulfonamides is 1. The smallest absolute Gasteiger partial charge is 0.249 e. The number of nitrogens with zero attached hydrogens (tertiary/aromatic N) is 2. The maximum atomic E-state index is 11.2. The number of piperidine rings is 1. The molecule has 0 bridgehead atoms. The zero-order valence-electron chi connectivity index (χ0n) is 10.0. The van der Waals surface area contributed by atoms with Crippen LogP contribution in [0, 0.1) is 5.41 Å². The summed E-state index contributed by atoms with van der Waals surface area (Å²) >= 11 is 1.15. The van der Waals surface area contributed by atoms with Crippen LogP contribution in [-0.4, -0.2) is 26.5 Å². The number of primary sulfonamides is 1. The Morgan fingerprint density at radius 2 is 2.24 bits per heavy atom. The Kier molecular flexibility index (Phi) is 3.17. The first-order chi connectivity index (χ1) is 7.78. The summed E-state index contributed by atoms with van der Waals surface area (Å²) in [5.74, 6) is 0. The summed E-state index contributed by atoms with van der Waals surface area (Å²) in [5, 5.41) is 5.83. The van der Waals surface area contributed by atoms with Crippen LogP contribution in [0.25, 0.3) is 0 Å². The maximum absolute atomic E-state index is 11.2. The first-order valence-electron chi connectivity index (χ1n) is 5.52. The molecule has 1 saturated heterocycles. The van der Waals surface area contributed by atoms with Crippen molar-refractivity contribution in [2.45, 2.75) is 30.9 Å². The van der Waals surface area contributed by atoms with Gasteiger partial charge in [-0.1, -0.05) is 25.2 Å². The minimum Gasteiger partial charge on any atom is -0.348 e. The monoisotopic (exact) mass is 275 g/mol. The van der Waals surface area contributed by atoms with Gasteiger partial charge in [0.25, 0.3) is 0 Å². The molecule has 2 N–H and O–H groups in total. The average Bonchev–Trinajstić information content (AvgIpc) is 2.63. The highest BCUT2D eigenvalue weighted by atomic mass is 32.2. The standard InChI is InChI=1S/C10H17N3O2S2/c1-10(2)4-3-5-13(7-10)9-12-6-8(16-9)17(11,14)15/h6H,3-5,7H2,1-2H3,(H2,11,14,15). The van der Waals surface area contributed by atoms with Crippen molar-refractivity contribution in [3.05, 3.63) is 6.20 Å². The van der Waals surface area contributed by atoms with E-state index < -0.39 is 10.0 Å². The predicted octanol–water partition coefficient (Wildman–Crippen LogP) is 1.42. The molecule has 1 aliphatic heterocycles. The number of thiazole rings is 1. The molecule has 7 heteroatoms. The highest BCUT2D eigenvalue weighted by Gasteiger charge is 2.28. The van der Waals surface area contributed by atoms with Crippen molar-refractivity contribution in [2.24, 2.45) is 10.6 Å². The van der Waals surface area contributed by atoms with Gasteiger partial charge in [0.2, 0.25) is 10.0 Å². The van der Waals surface area contributed by atoms with Crippen molar-refractivity contribution >= 4 is 26.5 Å². The van der Waals surface area contributed by atoms with Crippen molar-refractivity contribution in [3.8, 4) is 0 Å². The number of hydrogen-bond donors (Lipinski definition) is 1. The summed E-state index contributed by atoms with van der Waals surface area (Å²) in [6, 6.07) is 0. The SMILES string of the molecule is CC1(C)CCCN(c2ncc(S(N)(=O)=O)s2)C1. The van der Waals surface area contributed by atoms with Crippen LogP contribution >= 0.6 is 11.3 Å². The van der Waals surface area contributed by atoms with Gasteiger partial charge in [0.1, 0.15) is 0 Å². The molecular weight excluding hydrogens is 258 g/mol. The molecule has 0 saturated carbocycles. The van der Waals surface area contributed by atoms with E-state index >= 15 is 0 Å². The van der Waals surface area contributed by atoms with Crippen LogP contribution < -0.4 is 10.0 Å². The van der Waals surface area contributed by atoms with Crippen LogP contribution in [0.2, 0.25) is 0 Å². The van der Waals surface area contributed by atoms with E-state index in [1.807, 2.05) is 0 Å². The molecule has 0 spiro atoms. The average molecular weight is 275 g/mol. The zero-order chi connectivity index (χ0) is 12.7. The van der Waals surface area contributed by atoms with Crippen LogP contribution in [0.1, 0.15) is 26.7 Å². The molecule has 0 unspecified atom stereocenters. The Balaban J connectivity index is 2.21. The summed E-state index contributed by atoms with van der Waals surface area (Å²) in [6.45, 7) is 6.27. The third kappa shape index (κ3) is 2.97. The van der Waals surface area contributed by atoms with E-state index in [0.717, 1.165) is 36.0 Å². The fourth-order valence-corrected chi connectivity index (χ4v) is 3.68. The Hall–Kier alpha value is -0.660. The molecule has 0 aromatic carbocycles. The molecule has 1 aliphatic rings. The predicted molar refractivity (Wildman–Crippen MR) is 68.7 cm³/mol. The highest BCUT2D eigenvalue weighted by molar-refractivity contribution is 7.91. The number of aromatic nitrogens is 1. The number of nitrogens with two attached hydrogens (primary N) is 1. The van der Waals surface area contributed by atoms with Gasteiger partial charge in [0.15, 0.2) is 9.34 Å². The summed E-state index contributed by atoms with van der Waals surface area (Å²) in [7, 11) is -3.62. The van der Waals surface area contributed by atoms with E-state index in [1.54, 1.807) is 0 Å². The second-order valence-corrected chi connectivity index (χ2v) is 7.99.